The van der Waals surface area contributed by atoms with E-state index in [-0.39, 0.29) is 29.7 Å². The molecule has 3 aliphatic rings. The van der Waals surface area contributed by atoms with Crippen molar-refractivity contribution in [1.29, 1.82) is 0 Å². The van der Waals surface area contributed by atoms with Gasteiger partial charge in [0.15, 0.2) is 0 Å². The summed E-state index contributed by atoms with van der Waals surface area (Å²) in [6.45, 7) is 1.97. The quantitative estimate of drug-likeness (QED) is 0.655. The Bertz CT molecular complexity index is 653. The van der Waals surface area contributed by atoms with Gasteiger partial charge in [-0.1, -0.05) is 42.5 Å². The molecule has 4 heteroatoms. The first-order chi connectivity index (χ1) is 12.8. The van der Waals surface area contributed by atoms with Gasteiger partial charge in [0.25, 0.3) is 0 Å². The molecule has 1 aromatic rings. The van der Waals surface area contributed by atoms with Crippen LogP contribution in [0, 0.1) is 17.8 Å². The SMILES string of the molecule is O=C1C2CC=CCC2C(=O)N1C(CCc1ccccc1)C1CCNCC1. The Balaban J connectivity index is 1.55. The zero-order valence-corrected chi connectivity index (χ0v) is 15.3. The van der Waals surface area contributed by atoms with Crippen molar-refractivity contribution in [3.05, 3.63) is 48.0 Å². The molecule has 0 aromatic heterocycles. The lowest BCUT2D eigenvalue weighted by atomic mass is 9.85. The first-order valence-corrected chi connectivity index (χ1v) is 10.0. The average molecular weight is 352 g/mol. The van der Waals surface area contributed by atoms with Gasteiger partial charge in [0.2, 0.25) is 11.8 Å². The third-order valence-corrected chi connectivity index (χ3v) is 6.37. The van der Waals surface area contributed by atoms with Crippen molar-refractivity contribution >= 4 is 11.8 Å². The van der Waals surface area contributed by atoms with E-state index in [4.69, 9.17) is 0 Å². The van der Waals surface area contributed by atoms with Crippen LogP contribution < -0.4 is 5.32 Å². The van der Waals surface area contributed by atoms with Gasteiger partial charge >= 0.3 is 0 Å². The van der Waals surface area contributed by atoms with Crippen LogP contribution in [0.5, 0.6) is 0 Å². The zero-order chi connectivity index (χ0) is 17.9. The fourth-order valence-corrected chi connectivity index (χ4v) is 4.92. The van der Waals surface area contributed by atoms with Crippen LogP contribution in [0.3, 0.4) is 0 Å². The lowest BCUT2D eigenvalue weighted by Crippen LogP contribution is -2.48. The number of likely N-dealkylation sites (tertiary alicyclic amines) is 1. The molecule has 0 radical (unpaired) electrons. The number of hydrogen-bond donors (Lipinski definition) is 1. The number of aryl methyl sites for hydroxylation is 1. The number of fused-ring (bicyclic) bond motifs is 1. The predicted octanol–water partition coefficient (Wildman–Crippen LogP) is 2.94. The third-order valence-electron chi connectivity index (χ3n) is 6.37. The van der Waals surface area contributed by atoms with Gasteiger partial charge in [-0.3, -0.25) is 14.5 Å². The van der Waals surface area contributed by atoms with Crippen LogP contribution >= 0.6 is 0 Å². The molecule has 4 rings (SSSR count). The minimum Gasteiger partial charge on any atom is -0.317 e. The van der Waals surface area contributed by atoms with E-state index in [0.717, 1.165) is 51.6 Å². The molecule has 1 N–H and O–H groups in total. The van der Waals surface area contributed by atoms with Crippen LogP contribution in [0.1, 0.15) is 37.7 Å². The van der Waals surface area contributed by atoms with E-state index in [9.17, 15) is 9.59 Å². The molecular weight excluding hydrogens is 324 g/mol. The van der Waals surface area contributed by atoms with Crippen molar-refractivity contribution < 1.29 is 9.59 Å². The lowest BCUT2D eigenvalue weighted by molar-refractivity contribution is -0.144. The maximum Gasteiger partial charge on any atom is 0.233 e. The maximum absolute atomic E-state index is 13.1. The lowest BCUT2D eigenvalue weighted by Gasteiger charge is -2.36. The van der Waals surface area contributed by atoms with Crippen molar-refractivity contribution in [3.63, 3.8) is 0 Å². The number of carbonyl (C=O) groups is 2. The molecule has 3 unspecified atom stereocenters. The first-order valence-electron chi connectivity index (χ1n) is 10.0. The van der Waals surface area contributed by atoms with Crippen molar-refractivity contribution in [1.82, 2.24) is 10.2 Å². The fraction of sp³-hybridized carbons (Fsp3) is 0.545. The van der Waals surface area contributed by atoms with Gasteiger partial charge in [-0.25, -0.2) is 0 Å². The van der Waals surface area contributed by atoms with Crippen molar-refractivity contribution in [3.8, 4) is 0 Å². The molecule has 3 atom stereocenters. The van der Waals surface area contributed by atoms with E-state index in [1.807, 2.05) is 6.07 Å². The molecule has 1 aromatic carbocycles. The minimum absolute atomic E-state index is 0.0444. The van der Waals surface area contributed by atoms with Gasteiger partial charge in [0, 0.05) is 6.04 Å². The summed E-state index contributed by atoms with van der Waals surface area (Å²) in [7, 11) is 0. The number of piperidine rings is 1. The number of rotatable bonds is 5. The number of amides is 2. The normalized spacial score (nSPS) is 27.6. The van der Waals surface area contributed by atoms with Crippen LogP contribution in [-0.4, -0.2) is 35.8 Å². The Kier molecular flexibility index (Phi) is 5.21. The summed E-state index contributed by atoms with van der Waals surface area (Å²) in [4.78, 5) is 27.9. The maximum atomic E-state index is 13.1. The second kappa shape index (κ2) is 7.75. The van der Waals surface area contributed by atoms with Gasteiger partial charge in [0.1, 0.15) is 0 Å². The van der Waals surface area contributed by atoms with E-state index in [1.165, 1.54) is 5.56 Å². The van der Waals surface area contributed by atoms with Crippen LogP contribution in [-0.2, 0) is 16.0 Å². The van der Waals surface area contributed by atoms with Gasteiger partial charge in [-0.15, -0.1) is 0 Å². The number of nitrogens with zero attached hydrogens (tertiary/aromatic N) is 1. The molecule has 1 aliphatic carbocycles. The summed E-state index contributed by atoms with van der Waals surface area (Å²) in [6, 6.07) is 10.5. The average Bonchev–Trinajstić information content (AvgIpc) is 2.95. The second-order valence-corrected chi connectivity index (χ2v) is 7.88. The third kappa shape index (κ3) is 3.35. The minimum atomic E-state index is -0.117. The smallest absolute Gasteiger partial charge is 0.233 e. The standard InChI is InChI=1S/C22H28N2O2/c25-21-18-8-4-5-9-19(18)22(26)24(21)20(17-12-14-23-15-13-17)11-10-16-6-2-1-3-7-16/h1-7,17-20,23H,8-15H2. The molecular formula is C22H28N2O2. The molecule has 0 saturated carbocycles. The molecule has 0 bridgehead atoms. The Morgan fingerprint density at radius 3 is 2.19 bits per heavy atom. The van der Waals surface area contributed by atoms with Gasteiger partial charge in [0.05, 0.1) is 11.8 Å². The van der Waals surface area contributed by atoms with E-state index in [0.29, 0.717) is 5.92 Å². The molecule has 2 amide bonds. The molecule has 0 spiro atoms. The summed E-state index contributed by atoms with van der Waals surface area (Å²) in [5.74, 6) is 0.352. The highest BCUT2D eigenvalue weighted by Gasteiger charge is 2.50. The largest absolute Gasteiger partial charge is 0.317 e. The number of imide groups is 1. The molecule has 26 heavy (non-hydrogen) atoms. The summed E-state index contributed by atoms with van der Waals surface area (Å²) in [5.41, 5.74) is 1.28. The highest BCUT2D eigenvalue weighted by atomic mass is 16.2. The second-order valence-electron chi connectivity index (χ2n) is 7.88. The van der Waals surface area contributed by atoms with Crippen molar-refractivity contribution in [2.75, 3.05) is 13.1 Å². The number of nitrogens with one attached hydrogen (secondary N) is 1. The van der Waals surface area contributed by atoms with E-state index < -0.39 is 0 Å². The van der Waals surface area contributed by atoms with Crippen LogP contribution in [0.15, 0.2) is 42.5 Å². The molecule has 2 heterocycles. The van der Waals surface area contributed by atoms with E-state index in [2.05, 4.69) is 41.7 Å². The Morgan fingerprint density at radius 2 is 1.58 bits per heavy atom. The summed E-state index contributed by atoms with van der Waals surface area (Å²) < 4.78 is 0. The highest BCUT2D eigenvalue weighted by molar-refractivity contribution is 6.05. The number of allylic oxidation sites excluding steroid dienone is 2. The fourth-order valence-electron chi connectivity index (χ4n) is 4.92. The number of benzene rings is 1. The van der Waals surface area contributed by atoms with Crippen LogP contribution in [0.2, 0.25) is 0 Å². The van der Waals surface area contributed by atoms with Crippen LogP contribution in [0.4, 0.5) is 0 Å². The molecule has 138 valence electrons. The predicted molar refractivity (Wildman–Crippen MR) is 101 cm³/mol. The van der Waals surface area contributed by atoms with Gasteiger partial charge in [-0.05, 0) is 63.1 Å². The number of hydrogen-bond acceptors (Lipinski definition) is 3. The highest BCUT2D eigenvalue weighted by Crippen LogP contribution is 2.39. The Hall–Kier alpha value is -1.94. The van der Waals surface area contributed by atoms with Crippen LogP contribution in [0.25, 0.3) is 0 Å². The van der Waals surface area contributed by atoms with E-state index in [1.54, 1.807) is 4.90 Å². The van der Waals surface area contributed by atoms with Crippen molar-refractivity contribution in [2.45, 2.75) is 44.6 Å². The topological polar surface area (TPSA) is 49.4 Å². The Morgan fingerprint density at radius 1 is 0.962 bits per heavy atom. The summed E-state index contributed by atoms with van der Waals surface area (Å²) in [6.07, 6.45) is 9.47. The summed E-state index contributed by atoms with van der Waals surface area (Å²) >= 11 is 0. The molecule has 2 aliphatic heterocycles. The van der Waals surface area contributed by atoms with Crippen molar-refractivity contribution in [2.24, 2.45) is 17.8 Å². The van der Waals surface area contributed by atoms with Gasteiger partial charge in [-0.2, -0.15) is 0 Å². The molecule has 4 nitrogen and oxygen atoms in total. The van der Waals surface area contributed by atoms with Gasteiger partial charge < -0.3 is 5.32 Å². The first kappa shape index (κ1) is 17.5. The Labute approximate surface area is 155 Å². The molecule has 2 fully saturated rings. The molecule has 2 saturated heterocycles. The number of carbonyl (C=O) groups excluding carboxylic acids is 2. The zero-order valence-electron chi connectivity index (χ0n) is 15.3. The van der Waals surface area contributed by atoms with E-state index >= 15 is 0 Å². The summed E-state index contributed by atoms with van der Waals surface area (Å²) in [5, 5.41) is 3.41. The monoisotopic (exact) mass is 352 g/mol.